The Morgan fingerprint density at radius 1 is 0.357 bits per heavy atom. The van der Waals surface area contributed by atoms with Gasteiger partial charge in [0.15, 0.2) is 41.2 Å². The summed E-state index contributed by atoms with van der Waals surface area (Å²) in [7, 11) is -14.8. The molecule has 0 atom stereocenters. The van der Waals surface area contributed by atoms with E-state index >= 15 is 0 Å². The monoisotopic (exact) mass is 853 g/mol. The Balaban J connectivity index is 0.000000364. The summed E-state index contributed by atoms with van der Waals surface area (Å²) in [5.74, 6) is 0. The summed E-state index contributed by atoms with van der Waals surface area (Å²) in [5, 5.41) is 9.08. The Morgan fingerprint density at radius 3 is 0.696 bits per heavy atom. The van der Waals surface area contributed by atoms with Gasteiger partial charge >= 0.3 is 0 Å². The number of rotatable bonds is 11. The van der Waals surface area contributed by atoms with Crippen molar-refractivity contribution < 1.29 is 51.9 Å². The minimum atomic E-state index is -5.16. The van der Waals surface area contributed by atoms with Crippen molar-refractivity contribution in [1.82, 2.24) is 9.66 Å². The van der Waals surface area contributed by atoms with Crippen LogP contribution in [0, 0.1) is 0 Å². The predicted molar refractivity (Wildman–Crippen MR) is 211 cm³/mol. The van der Waals surface area contributed by atoms with Gasteiger partial charge in [-0.2, -0.15) is 8.83 Å². The zero-order valence-electron chi connectivity index (χ0n) is 29.9. The van der Waals surface area contributed by atoms with Crippen LogP contribution in [0.2, 0.25) is 0 Å². The fourth-order valence-corrected chi connectivity index (χ4v) is 6.25. The Bertz CT molecular complexity index is 2070. The molecule has 0 spiro atoms. The molecule has 0 amide bonds. The van der Waals surface area contributed by atoms with Crippen molar-refractivity contribution in [2.45, 2.75) is 0 Å². The molecule has 0 saturated heterocycles. The average molecular weight is 854 g/mol. The summed E-state index contributed by atoms with van der Waals surface area (Å²) >= 11 is 0. The van der Waals surface area contributed by atoms with Crippen molar-refractivity contribution in [3.05, 3.63) is 152 Å². The standard InChI is InChI=1S/3C7H9N.2C6H8N2O6S2/c3*1-8-7-5-3-2-4-6-7;2*9-15(10,11)7-8(16(12,13)14)6-4-2-1-3-5-6/h3*2-6,8H,1H3;2*1-5,7H,(H,9,10,11)(H,12,13,14)/p-4. The SMILES string of the molecule is CNc1ccccc1.CNc1ccccc1.CNc1ccccc1.O=S(=O)([O-])NN(c1ccccc1)S(=O)(=O)[O-].O=S(=O)([O-])NN(c1ccccc1)S(=O)(=O)[O-]. The fraction of sp³-hybridized carbons (Fsp3) is 0.0909. The number of benzene rings is 5. The first-order valence-corrected chi connectivity index (χ1v) is 21.0. The largest absolute Gasteiger partial charge is 0.734 e. The molecule has 5 N–H and O–H groups in total. The van der Waals surface area contributed by atoms with E-state index in [-0.39, 0.29) is 20.2 Å². The normalized spacial score (nSPS) is 10.8. The van der Waals surface area contributed by atoms with Crippen LogP contribution in [-0.2, 0) is 41.2 Å². The lowest BCUT2D eigenvalue weighted by molar-refractivity contribution is 0.433. The highest BCUT2D eigenvalue weighted by molar-refractivity contribution is 7.89. The van der Waals surface area contributed by atoms with Crippen LogP contribution >= 0.6 is 0 Å². The zero-order chi connectivity index (χ0) is 42.3. The highest BCUT2D eigenvalue weighted by atomic mass is 32.3. The zero-order valence-corrected chi connectivity index (χ0v) is 33.1. The molecular weight excluding hydrogens is 815 g/mol. The summed E-state index contributed by atoms with van der Waals surface area (Å²) < 4.78 is 126. The van der Waals surface area contributed by atoms with E-state index < -0.39 is 41.2 Å². The highest BCUT2D eigenvalue weighted by Crippen LogP contribution is 2.15. The fourth-order valence-electron chi connectivity index (χ4n) is 3.60. The Hall–Kier alpha value is -5.34. The highest BCUT2D eigenvalue weighted by Gasteiger charge is 2.16. The third-order valence-electron chi connectivity index (χ3n) is 6.01. The molecule has 0 aromatic heterocycles. The third kappa shape index (κ3) is 22.1. The van der Waals surface area contributed by atoms with Gasteiger partial charge in [-0.15, -0.1) is 9.66 Å². The molecule has 306 valence electrons. The van der Waals surface area contributed by atoms with Gasteiger partial charge in [0.1, 0.15) is 0 Å². The van der Waals surface area contributed by atoms with Gasteiger partial charge in [-0.05, 0) is 60.7 Å². The van der Waals surface area contributed by atoms with Crippen molar-refractivity contribution in [3.8, 4) is 0 Å². The summed E-state index contributed by atoms with van der Waals surface area (Å²) in [6, 6.07) is 43.3. The molecule has 5 aromatic carbocycles. The predicted octanol–water partition coefficient (Wildman–Crippen LogP) is 3.02. The molecule has 19 nitrogen and oxygen atoms in total. The molecule has 5 rings (SSSR count). The molecule has 0 unspecified atom stereocenters. The molecule has 5 aromatic rings. The van der Waals surface area contributed by atoms with Crippen molar-refractivity contribution in [2.24, 2.45) is 0 Å². The van der Waals surface area contributed by atoms with Gasteiger partial charge in [0.05, 0.1) is 11.4 Å². The summed E-state index contributed by atoms with van der Waals surface area (Å²) in [6.07, 6.45) is 0. The average Bonchev–Trinajstić information content (AvgIpc) is 3.17. The minimum absolute atomic E-state index is 0.255. The van der Waals surface area contributed by atoms with Crippen LogP contribution in [0.5, 0.6) is 0 Å². The minimum Gasteiger partial charge on any atom is -0.734 e. The maximum Gasteiger partial charge on any atom is 0.199 e. The van der Waals surface area contributed by atoms with Gasteiger partial charge in [-0.25, -0.2) is 33.7 Å². The number of hydrogen-bond donors (Lipinski definition) is 5. The molecule has 0 fully saturated rings. The van der Waals surface area contributed by atoms with Crippen molar-refractivity contribution in [3.63, 3.8) is 0 Å². The molecule has 0 bridgehead atoms. The van der Waals surface area contributed by atoms with Gasteiger partial charge in [0.2, 0.25) is 0 Å². The molecule has 0 saturated carbocycles. The first-order chi connectivity index (χ1) is 26.2. The van der Waals surface area contributed by atoms with E-state index in [4.69, 9.17) is 0 Å². The van der Waals surface area contributed by atoms with Gasteiger partial charge in [0, 0.05) is 38.2 Å². The third-order valence-corrected chi connectivity index (χ3v) is 8.55. The van der Waals surface area contributed by atoms with Crippen LogP contribution in [0.3, 0.4) is 0 Å². The van der Waals surface area contributed by atoms with Crippen molar-refractivity contribution >= 4 is 69.7 Å². The smallest absolute Gasteiger partial charge is 0.199 e. The summed E-state index contributed by atoms with van der Waals surface area (Å²) in [6.45, 7) is 0. The Kier molecular flexibility index (Phi) is 21.1. The summed E-state index contributed by atoms with van der Waals surface area (Å²) in [5.41, 5.74) is 2.92. The number of para-hydroxylation sites is 5. The van der Waals surface area contributed by atoms with E-state index in [9.17, 15) is 51.9 Å². The van der Waals surface area contributed by atoms with Crippen molar-refractivity contribution in [2.75, 3.05) is 45.9 Å². The quantitative estimate of drug-likeness (QED) is 0.0943. The lowest BCUT2D eigenvalue weighted by Crippen LogP contribution is -2.46. The van der Waals surface area contributed by atoms with E-state index in [1.54, 1.807) is 0 Å². The molecule has 0 aliphatic heterocycles. The molecule has 23 heteroatoms. The number of nitrogens with zero attached hydrogens (tertiary/aromatic N) is 2. The maximum absolute atomic E-state index is 10.7. The number of hydrazine groups is 2. The van der Waals surface area contributed by atoms with Crippen LogP contribution < -0.4 is 34.4 Å². The number of nitrogens with one attached hydrogen (secondary N) is 5. The second kappa shape index (κ2) is 24.2. The topological polar surface area (TPSA) is 295 Å². The second-order valence-electron chi connectivity index (χ2n) is 10.1. The van der Waals surface area contributed by atoms with Gasteiger partial charge in [0.25, 0.3) is 0 Å². The molecule has 0 aliphatic rings. The summed E-state index contributed by atoms with van der Waals surface area (Å²) in [4.78, 5) is 2.12. The molecule has 56 heavy (non-hydrogen) atoms. The van der Waals surface area contributed by atoms with Crippen molar-refractivity contribution in [1.29, 1.82) is 0 Å². The van der Waals surface area contributed by atoms with E-state index in [0.717, 1.165) is 51.0 Å². The van der Waals surface area contributed by atoms with E-state index in [1.807, 2.05) is 112 Å². The van der Waals surface area contributed by atoms with E-state index in [1.165, 1.54) is 36.4 Å². The van der Waals surface area contributed by atoms with Crippen LogP contribution in [0.4, 0.5) is 28.4 Å². The van der Waals surface area contributed by atoms with Crippen LogP contribution in [-0.4, -0.2) is 73.0 Å². The van der Waals surface area contributed by atoms with Crippen LogP contribution in [0.25, 0.3) is 0 Å². The van der Waals surface area contributed by atoms with Crippen LogP contribution in [0.15, 0.2) is 152 Å². The molecule has 0 aliphatic carbocycles. The number of anilines is 5. The lowest BCUT2D eigenvalue weighted by atomic mass is 10.3. The van der Waals surface area contributed by atoms with Gasteiger partial charge in [-0.3, -0.25) is 0 Å². The lowest BCUT2D eigenvalue weighted by Gasteiger charge is -2.28. The Labute approximate surface area is 327 Å². The second-order valence-corrected chi connectivity index (χ2v) is 14.7. The molecular formula is C33H39N7O12S4-4. The first-order valence-electron chi connectivity index (χ1n) is 15.5. The van der Waals surface area contributed by atoms with E-state index in [2.05, 4.69) is 16.0 Å². The Morgan fingerprint density at radius 2 is 0.554 bits per heavy atom. The van der Waals surface area contributed by atoms with E-state index in [0.29, 0.717) is 0 Å². The molecule has 0 radical (unpaired) electrons. The number of hydrogen-bond acceptors (Lipinski definition) is 15. The van der Waals surface area contributed by atoms with Gasteiger partial charge < -0.3 is 34.2 Å². The maximum atomic E-state index is 10.7. The molecule has 0 heterocycles. The van der Waals surface area contributed by atoms with Gasteiger partial charge in [-0.1, -0.05) is 91.0 Å². The first kappa shape index (κ1) is 48.7. The van der Waals surface area contributed by atoms with Crippen LogP contribution in [0.1, 0.15) is 0 Å².